The molecule has 2 heterocycles. The second kappa shape index (κ2) is 7.98. The third kappa shape index (κ3) is 3.79. The van der Waals surface area contributed by atoms with Crippen molar-refractivity contribution in [1.29, 1.82) is 0 Å². The van der Waals surface area contributed by atoms with Gasteiger partial charge in [0.05, 0.1) is 22.7 Å². The topological polar surface area (TPSA) is 64.4 Å². The zero-order valence-electron chi connectivity index (χ0n) is 14.4. The number of furan rings is 1. The fourth-order valence-electron chi connectivity index (χ4n) is 2.66. The number of amides is 1. The molecule has 0 aliphatic rings. The molecule has 3 rings (SSSR count). The van der Waals surface area contributed by atoms with Gasteiger partial charge in [-0.05, 0) is 30.7 Å². The highest BCUT2D eigenvalue weighted by Crippen LogP contribution is 2.33. The summed E-state index contributed by atoms with van der Waals surface area (Å²) in [5.74, 6) is 1.32. The van der Waals surface area contributed by atoms with Gasteiger partial charge in [-0.1, -0.05) is 36.5 Å². The average molecular weight is 393 g/mol. The van der Waals surface area contributed by atoms with Gasteiger partial charge in [-0.15, -0.1) is 0 Å². The first-order chi connectivity index (χ1) is 12.5. The van der Waals surface area contributed by atoms with Crippen molar-refractivity contribution in [1.82, 2.24) is 4.98 Å². The van der Waals surface area contributed by atoms with Crippen molar-refractivity contribution in [2.24, 2.45) is 0 Å². The summed E-state index contributed by atoms with van der Waals surface area (Å²) in [5, 5.41) is 4.07. The first-order valence-electron chi connectivity index (χ1n) is 8.25. The first-order valence-corrected chi connectivity index (χ1v) is 9.01. The largest absolute Gasteiger partial charge is 0.493 e. The van der Waals surface area contributed by atoms with E-state index in [-0.39, 0.29) is 16.7 Å². The third-order valence-electron chi connectivity index (χ3n) is 3.98. The Balaban J connectivity index is 1.97. The number of hydrogen-bond donors (Lipinski definition) is 1. The lowest BCUT2D eigenvalue weighted by atomic mass is 10.1. The standard InChI is InChI=1S/C19H18Cl2N2O3/c1-3-4-5-12-9-14-13(6-7-16(25-2)17(14)26-12)19(24)23-18-15(21)8-11(20)10-22-18/h6-10H,3-5H2,1-2H3,(H,22,23,24). The van der Waals surface area contributed by atoms with E-state index in [0.29, 0.717) is 27.3 Å². The van der Waals surface area contributed by atoms with Crippen molar-refractivity contribution < 1.29 is 13.9 Å². The predicted molar refractivity (Wildman–Crippen MR) is 104 cm³/mol. The number of nitrogens with zero attached hydrogens (tertiary/aromatic N) is 1. The number of nitrogens with one attached hydrogen (secondary N) is 1. The Morgan fingerprint density at radius 2 is 2.12 bits per heavy atom. The van der Waals surface area contributed by atoms with Gasteiger partial charge >= 0.3 is 0 Å². The van der Waals surface area contributed by atoms with E-state index in [1.807, 2.05) is 6.07 Å². The highest BCUT2D eigenvalue weighted by atomic mass is 35.5. The van der Waals surface area contributed by atoms with E-state index in [1.165, 1.54) is 12.3 Å². The number of halogens is 2. The molecule has 0 bridgehead atoms. The van der Waals surface area contributed by atoms with E-state index in [0.717, 1.165) is 25.0 Å². The van der Waals surface area contributed by atoms with Gasteiger partial charge in [-0.25, -0.2) is 4.98 Å². The van der Waals surface area contributed by atoms with Crippen molar-refractivity contribution in [3.05, 3.63) is 51.8 Å². The third-order valence-corrected chi connectivity index (χ3v) is 4.47. The molecule has 0 spiro atoms. The Morgan fingerprint density at radius 3 is 2.81 bits per heavy atom. The second-order valence-corrected chi connectivity index (χ2v) is 6.66. The molecule has 5 nitrogen and oxygen atoms in total. The number of pyridine rings is 1. The number of carbonyl (C=O) groups excluding carboxylic acids is 1. The molecular weight excluding hydrogens is 375 g/mol. The number of aromatic nitrogens is 1. The van der Waals surface area contributed by atoms with Crippen LogP contribution in [0.3, 0.4) is 0 Å². The van der Waals surface area contributed by atoms with Crippen molar-refractivity contribution in [2.75, 3.05) is 12.4 Å². The van der Waals surface area contributed by atoms with Gasteiger partial charge in [0, 0.05) is 18.0 Å². The molecule has 26 heavy (non-hydrogen) atoms. The van der Waals surface area contributed by atoms with Gasteiger partial charge in [-0.2, -0.15) is 0 Å². The molecule has 1 amide bonds. The predicted octanol–water partition coefficient (Wildman–Crippen LogP) is 5.74. The molecule has 1 N–H and O–H groups in total. The van der Waals surface area contributed by atoms with Crippen LogP contribution in [-0.4, -0.2) is 18.0 Å². The summed E-state index contributed by atoms with van der Waals surface area (Å²) in [5.41, 5.74) is 1.02. The van der Waals surface area contributed by atoms with Crippen LogP contribution in [0.15, 0.2) is 34.9 Å². The molecular formula is C19H18Cl2N2O3. The zero-order chi connectivity index (χ0) is 18.7. The zero-order valence-corrected chi connectivity index (χ0v) is 15.9. The highest BCUT2D eigenvalue weighted by Gasteiger charge is 2.18. The number of fused-ring (bicyclic) bond motifs is 1. The molecule has 0 unspecified atom stereocenters. The van der Waals surface area contributed by atoms with Gasteiger partial charge in [0.25, 0.3) is 5.91 Å². The van der Waals surface area contributed by atoms with Crippen LogP contribution in [0.2, 0.25) is 10.0 Å². The monoisotopic (exact) mass is 392 g/mol. The minimum atomic E-state index is -0.336. The maximum absolute atomic E-state index is 12.8. The Kier molecular flexibility index (Phi) is 5.69. The summed E-state index contributed by atoms with van der Waals surface area (Å²) in [6.45, 7) is 2.12. The van der Waals surface area contributed by atoms with Crippen LogP contribution in [0, 0.1) is 0 Å². The van der Waals surface area contributed by atoms with Crippen LogP contribution in [0.5, 0.6) is 5.75 Å². The Bertz CT molecular complexity index is 953. The number of methoxy groups -OCH3 is 1. The molecule has 0 saturated heterocycles. The number of anilines is 1. The summed E-state index contributed by atoms with van der Waals surface area (Å²) < 4.78 is 11.3. The van der Waals surface area contributed by atoms with Crippen LogP contribution in [0.1, 0.15) is 35.9 Å². The van der Waals surface area contributed by atoms with Crippen LogP contribution in [-0.2, 0) is 6.42 Å². The van der Waals surface area contributed by atoms with Gasteiger partial charge in [0.1, 0.15) is 5.76 Å². The van der Waals surface area contributed by atoms with E-state index in [1.54, 1.807) is 19.2 Å². The maximum Gasteiger partial charge on any atom is 0.257 e. The summed E-state index contributed by atoms with van der Waals surface area (Å²) >= 11 is 11.9. The Morgan fingerprint density at radius 1 is 1.31 bits per heavy atom. The van der Waals surface area contributed by atoms with Gasteiger partial charge < -0.3 is 14.5 Å². The summed E-state index contributed by atoms with van der Waals surface area (Å²) in [6.07, 6.45) is 4.30. The van der Waals surface area contributed by atoms with Crippen LogP contribution < -0.4 is 10.1 Å². The maximum atomic E-state index is 12.8. The lowest BCUT2D eigenvalue weighted by Gasteiger charge is -2.08. The molecule has 2 aromatic heterocycles. The van der Waals surface area contributed by atoms with E-state index >= 15 is 0 Å². The van der Waals surface area contributed by atoms with Gasteiger partial charge in [0.2, 0.25) is 0 Å². The lowest BCUT2D eigenvalue weighted by Crippen LogP contribution is -2.13. The van der Waals surface area contributed by atoms with E-state index in [9.17, 15) is 4.79 Å². The molecule has 0 saturated carbocycles. The van der Waals surface area contributed by atoms with Gasteiger partial charge in [0.15, 0.2) is 17.2 Å². The molecule has 3 aromatic rings. The number of hydrogen-bond acceptors (Lipinski definition) is 4. The minimum absolute atomic E-state index is 0.250. The van der Waals surface area contributed by atoms with Crippen LogP contribution >= 0.6 is 23.2 Å². The number of benzene rings is 1. The molecule has 0 fully saturated rings. The fraction of sp³-hybridized carbons (Fsp3) is 0.263. The number of ether oxygens (including phenoxy) is 1. The van der Waals surface area contributed by atoms with Crippen molar-refractivity contribution in [3.8, 4) is 5.75 Å². The normalized spacial score (nSPS) is 10.9. The molecule has 1 aromatic carbocycles. The quantitative estimate of drug-likeness (QED) is 0.580. The number of carbonyl (C=O) groups is 1. The number of aryl methyl sites for hydroxylation is 1. The smallest absolute Gasteiger partial charge is 0.257 e. The Hall–Kier alpha value is -2.24. The minimum Gasteiger partial charge on any atom is -0.493 e. The second-order valence-electron chi connectivity index (χ2n) is 5.81. The molecule has 0 atom stereocenters. The molecule has 0 aliphatic carbocycles. The van der Waals surface area contributed by atoms with Crippen molar-refractivity contribution >= 4 is 45.9 Å². The number of unbranched alkanes of at least 4 members (excludes halogenated alkanes) is 1. The van der Waals surface area contributed by atoms with Crippen molar-refractivity contribution in [2.45, 2.75) is 26.2 Å². The molecule has 0 radical (unpaired) electrons. The lowest BCUT2D eigenvalue weighted by molar-refractivity contribution is 0.102. The average Bonchev–Trinajstić information content (AvgIpc) is 3.05. The van der Waals surface area contributed by atoms with E-state index in [4.69, 9.17) is 32.4 Å². The molecule has 0 aliphatic heterocycles. The SMILES string of the molecule is CCCCc1cc2c(C(=O)Nc3ncc(Cl)cc3Cl)ccc(OC)c2o1. The summed E-state index contributed by atoms with van der Waals surface area (Å²) in [6, 6.07) is 6.82. The van der Waals surface area contributed by atoms with Gasteiger partial charge in [-0.3, -0.25) is 4.79 Å². The van der Waals surface area contributed by atoms with E-state index in [2.05, 4.69) is 17.2 Å². The highest BCUT2D eigenvalue weighted by molar-refractivity contribution is 6.36. The van der Waals surface area contributed by atoms with Crippen LogP contribution in [0.25, 0.3) is 11.0 Å². The first kappa shape index (κ1) is 18.5. The number of rotatable bonds is 6. The molecule has 7 heteroatoms. The van der Waals surface area contributed by atoms with Crippen LogP contribution in [0.4, 0.5) is 5.82 Å². The Labute approximate surface area is 161 Å². The van der Waals surface area contributed by atoms with E-state index < -0.39 is 0 Å². The fourth-order valence-corrected chi connectivity index (χ4v) is 3.09. The summed E-state index contributed by atoms with van der Waals surface area (Å²) in [7, 11) is 1.57. The van der Waals surface area contributed by atoms with Crippen molar-refractivity contribution in [3.63, 3.8) is 0 Å². The molecule has 136 valence electrons. The summed E-state index contributed by atoms with van der Waals surface area (Å²) in [4.78, 5) is 16.8.